The monoisotopic (exact) mass is 324 g/mol. The Kier molecular flexibility index (Phi) is 6.74. The molecule has 0 bridgehead atoms. The van der Waals surface area contributed by atoms with Gasteiger partial charge in [0.1, 0.15) is 11.3 Å². The smallest absolute Gasteiger partial charge is 0.339 e. The fourth-order valence-corrected chi connectivity index (χ4v) is 2.12. The highest BCUT2D eigenvalue weighted by molar-refractivity contribution is 5.99. The number of nitrogens with one attached hydrogen (secondary N) is 2. The summed E-state index contributed by atoms with van der Waals surface area (Å²) >= 11 is 0. The van der Waals surface area contributed by atoms with Crippen molar-refractivity contribution in [2.45, 2.75) is 40.5 Å². The van der Waals surface area contributed by atoms with Gasteiger partial charge in [0, 0.05) is 13.1 Å². The summed E-state index contributed by atoms with van der Waals surface area (Å²) in [6, 6.07) is 0. The van der Waals surface area contributed by atoms with E-state index >= 15 is 0 Å². The summed E-state index contributed by atoms with van der Waals surface area (Å²) in [6.45, 7) is 8.44. The Bertz CT molecular complexity index is 587. The zero-order chi connectivity index (χ0) is 17.6. The SMILES string of the molecule is CCCCNc1c(C(=O)O)c(C)nc(NCC(C)C)c1[N+](=O)[O-]. The van der Waals surface area contributed by atoms with E-state index in [-0.39, 0.29) is 34.4 Å². The van der Waals surface area contributed by atoms with E-state index in [4.69, 9.17) is 0 Å². The first-order chi connectivity index (χ1) is 10.8. The lowest BCUT2D eigenvalue weighted by Gasteiger charge is -2.16. The van der Waals surface area contributed by atoms with Crippen LogP contribution in [0.1, 0.15) is 49.7 Å². The van der Waals surface area contributed by atoms with E-state index in [2.05, 4.69) is 15.6 Å². The molecule has 23 heavy (non-hydrogen) atoms. The second-order valence-corrected chi connectivity index (χ2v) is 5.76. The second kappa shape index (κ2) is 8.30. The van der Waals surface area contributed by atoms with Crippen molar-refractivity contribution in [1.82, 2.24) is 4.98 Å². The van der Waals surface area contributed by atoms with Crippen molar-refractivity contribution in [3.8, 4) is 0 Å². The van der Waals surface area contributed by atoms with Crippen LogP contribution in [0.4, 0.5) is 17.2 Å². The predicted molar refractivity (Wildman–Crippen MR) is 89.3 cm³/mol. The molecule has 0 aliphatic rings. The summed E-state index contributed by atoms with van der Waals surface area (Å²) in [6.07, 6.45) is 1.68. The number of aromatic carboxylic acids is 1. The van der Waals surface area contributed by atoms with Gasteiger partial charge in [-0.15, -0.1) is 0 Å². The van der Waals surface area contributed by atoms with Crippen LogP contribution in [0.15, 0.2) is 0 Å². The number of aromatic nitrogens is 1. The molecule has 1 rings (SSSR count). The van der Waals surface area contributed by atoms with Gasteiger partial charge in [0.2, 0.25) is 5.82 Å². The van der Waals surface area contributed by atoms with Gasteiger partial charge in [-0.05, 0) is 19.3 Å². The van der Waals surface area contributed by atoms with Crippen LogP contribution in [0.3, 0.4) is 0 Å². The van der Waals surface area contributed by atoms with Gasteiger partial charge in [-0.1, -0.05) is 27.2 Å². The number of pyridine rings is 1. The Morgan fingerprint density at radius 3 is 2.52 bits per heavy atom. The van der Waals surface area contributed by atoms with Crippen molar-refractivity contribution in [3.05, 3.63) is 21.4 Å². The van der Waals surface area contributed by atoms with E-state index in [0.717, 1.165) is 12.8 Å². The summed E-state index contributed by atoms with van der Waals surface area (Å²) < 4.78 is 0. The molecule has 0 saturated carbocycles. The Balaban J connectivity index is 3.42. The van der Waals surface area contributed by atoms with E-state index in [1.54, 1.807) is 6.92 Å². The Hall–Kier alpha value is -2.38. The second-order valence-electron chi connectivity index (χ2n) is 5.76. The van der Waals surface area contributed by atoms with Crippen molar-refractivity contribution in [2.75, 3.05) is 23.7 Å². The number of anilines is 2. The third-order valence-corrected chi connectivity index (χ3v) is 3.26. The molecule has 0 amide bonds. The van der Waals surface area contributed by atoms with Crippen LogP contribution in [-0.4, -0.2) is 34.1 Å². The number of aryl methyl sites for hydroxylation is 1. The van der Waals surface area contributed by atoms with Gasteiger partial charge < -0.3 is 15.7 Å². The van der Waals surface area contributed by atoms with Gasteiger partial charge in [-0.25, -0.2) is 9.78 Å². The van der Waals surface area contributed by atoms with E-state index in [1.807, 2.05) is 20.8 Å². The minimum Gasteiger partial charge on any atom is -0.478 e. The predicted octanol–water partition coefficient (Wildman–Crippen LogP) is 3.28. The van der Waals surface area contributed by atoms with Crippen molar-refractivity contribution in [1.29, 1.82) is 0 Å². The van der Waals surface area contributed by atoms with Gasteiger partial charge in [-0.2, -0.15) is 0 Å². The van der Waals surface area contributed by atoms with Crippen LogP contribution >= 0.6 is 0 Å². The number of carboxylic acids is 1. The number of carbonyl (C=O) groups is 1. The zero-order valence-electron chi connectivity index (χ0n) is 14.0. The lowest BCUT2D eigenvalue weighted by Crippen LogP contribution is -2.17. The number of nitro groups is 1. The Morgan fingerprint density at radius 1 is 1.39 bits per heavy atom. The van der Waals surface area contributed by atoms with Crippen molar-refractivity contribution in [3.63, 3.8) is 0 Å². The maximum atomic E-state index is 11.5. The highest BCUT2D eigenvalue weighted by Crippen LogP contribution is 2.36. The molecule has 0 unspecified atom stereocenters. The molecule has 3 N–H and O–H groups in total. The van der Waals surface area contributed by atoms with Gasteiger partial charge >= 0.3 is 11.7 Å². The molecule has 0 saturated heterocycles. The summed E-state index contributed by atoms with van der Waals surface area (Å²) in [5, 5.41) is 26.8. The quantitative estimate of drug-likeness (QED) is 0.362. The normalized spacial score (nSPS) is 10.7. The number of rotatable bonds is 9. The Labute approximate surface area is 135 Å². The van der Waals surface area contributed by atoms with Crippen LogP contribution < -0.4 is 10.6 Å². The molecule has 0 aromatic carbocycles. The first-order valence-corrected chi connectivity index (χ1v) is 7.69. The van der Waals surface area contributed by atoms with Crippen LogP contribution in [-0.2, 0) is 0 Å². The molecular weight excluding hydrogens is 300 g/mol. The largest absolute Gasteiger partial charge is 0.478 e. The summed E-state index contributed by atoms with van der Waals surface area (Å²) in [5.41, 5.74) is -0.198. The molecule has 0 aliphatic carbocycles. The van der Waals surface area contributed by atoms with E-state index in [1.165, 1.54) is 0 Å². The minimum absolute atomic E-state index is 0.0229. The number of carboxylic acid groups (broad SMARTS) is 1. The van der Waals surface area contributed by atoms with Gasteiger partial charge in [0.05, 0.1) is 10.6 Å². The minimum atomic E-state index is -1.23. The molecule has 0 aliphatic heterocycles. The van der Waals surface area contributed by atoms with E-state index in [9.17, 15) is 20.0 Å². The number of hydrogen-bond donors (Lipinski definition) is 3. The molecule has 1 aromatic heterocycles. The molecule has 0 spiro atoms. The lowest BCUT2D eigenvalue weighted by atomic mass is 10.1. The molecule has 1 aromatic rings. The highest BCUT2D eigenvalue weighted by Gasteiger charge is 2.29. The topological polar surface area (TPSA) is 117 Å². The molecule has 0 radical (unpaired) electrons. The van der Waals surface area contributed by atoms with Crippen molar-refractivity contribution >= 4 is 23.2 Å². The van der Waals surface area contributed by atoms with Crippen LogP contribution in [0, 0.1) is 23.0 Å². The molecule has 0 atom stereocenters. The summed E-state index contributed by atoms with van der Waals surface area (Å²) in [7, 11) is 0. The first kappa shape index (κ1) is 18.7. The van der Waals surface area contributed by atoms with Crippen molar-refractivity contribution < 1.29 is 14.8 Å². The van der Waals surface area contributed by atoms with Gasteiger partial charge in [0.25, 0.3) is 0 Å². The Morgan fingerprint density at radius 2 is 2.04 bits per heavy atom. The molecule has 0 fully saturated rings. The number of unbranched alkanes of at least 4 members (excludes halogenated alkanes) is 1. The molecular formula is C15H24N4O4. The summed E-state index contributed by atoms with van der Waals surface area (Å²) in [4.78, 5) is 26.5. The maximum absolute atomic E-state index is 11.5. The molecule has 128 valence electrons. The number of hydrogen-bond acceptors (Lipinski definition) is 6. The zero-order valence-corrected chi connectivity index (χ0v) is 14.0. The highest BCUT2D eigenvalue weighted by atomic mass is 16.6. The fraction of sp³-hybridized carbons (Fsp3) is 0.600. The third kappa shape index (κ3) is 4.80. The molecule has 1 heterocycles. The fourth-order valence-electron chi connectivity index (χ4n) is 2.12. The van der Waals surface area contributed by atoms with E-state index in [0.29, 0.717) is 13.1 Å². The standard InChI is InChI=1S/C15H24N4O4/c1-5-6-7-16-12-11(15(20)21)10(4)18-14(13(12)19(22)23)17-8-9(2)3/h9H,5-8H2,1-4H3,(H,20,21)(H2,16,17,18). The van der Waals surface area contributed by atoms with Gasteiger partial charge in [0.15, 0.2) is 0 Å². The van der Waals surface area contributed by atoms with Crippen LogP contribution in [0.5, 0.6) is 0 Å². The average Bonchev–Trinajstić information content (AvgIpc) is 2.44. The number of nitrogens with zero attached hydrogens (tertiary/aromatic N) is 2. The maximum Gasteiger partial charge on any atom is 0.339 e. The van der Waals surface area contributed by atoms with Crippen LogP contribution in [0.25, 0.3) is 0 Å². The molecule has 8 heteroatoms. The molecule has 8 nitrogen and oxygen atoms in total. The average molecular weight is 324 g/mol. The van der Waals surface area contributed by atoms with Gasteiger partial charge in [-0.3, -0.25) is 10.1 Å². The van der Waals surface area contributed by atoms with Crippen LogP contribution in [0.2, 0.25) is 0 Å². The summed E-state index contributed by atoms with van der Waals surface area (Å²) in [5.74, 6) is -0.856. The lowest BCUT2D eigenvalue weighted by molar-refractivity contribution is -0.383. The van der Waals surface area contributed by atoms with E-state index < -0.39 is 10.9 Å². The first-order valence-electron chi connectivity index (χ1n) is 7.69. The van der Waals surface area contributed by atoms with Crippen molar-refractivity contribution in [2.24, 2.45) is 5.92 Å². The third-order valence-electron chi connectivity index (χ3n) is 3.26.